The van der Waals surface area contributed by atoms with Gasteiger partial charge in [-0.3, -0.25) is 4.79 Å². The van der Waals surface area contributed by atoms with E-state index in [4.69, 9.17) is 32.5 Å². The third-order valence-corrected chi connectivity index (χ3v) is 5.84. The Balaban J connectivity index is 1.93. The van der Waals surface area contributed by atoms with Crippen LogP contribution in [0.2, 0.25) is 10.0 Å². The van der Waals surface area contributed by atoms with Crippen LogP contribution < -0.4 is 5.32 Å². The normalized spacial score (nSPS) is 15.9. The molecule has 1 N–H and O–H groups in total. The number of aromatic nitrogens is 2. The molecule has 2 atom stereocenters. The highest BCUT2D eigenvalue weighted by molar-refractivity contribution is 6.36. The van der Waals surface area contributed by atoms with Crippen molar-refractivity contribution in [3.63, 3.8) is 0 Å². The summed E-state index contributed by atoms with van der Waals surface area (Å²) in [4.78, 5) is 32.4. The zero-order valence-corrected chi connectivity index (χ0v) is 20.9. The summed E-state index contributed by atoms with van der Waals surface area (Å²) in [6.45, 7) is 8.61. The van der Waals surface area contributed by atoms with Crippen LogP contribution in [0.1, 0.15) is 65.2 Å². The molecular formula is C23H30Cl2N4O4. The lowest BCUT2D eigenvalue weighted by molar-refractivity contribution is -0.133. The van der Waals surface area contributed by atoms with Gasteiger partial charge in [0.1, 0.15) is 11.6 Å². The number of hydrogen-bond donors (Lipinski definition) is 1. The van der Waals surface area contributed by atoms with Gasteiger partial charge in [0, 0.05) is 23.7 Å². The molecule has 1 fully saturated rings. The zero-order chi connectivity index (χ0) is 24.2. The van der Waals surface area contributed by atoms with Crippen molar-refractivity contribution in [2.45, 2.75) is 70.9 Å². The summed E-state index contributed by atoms with van der Waals surface area (Å²) < 4.78 is 11.0. The average molecular weight is 497 g/mol. The van der Waals surface area contributed by atoms with Crippen molar-refractivity contribution < 1.29 is 18.8 Å². The van der Waals surface area contributed by atoms with Crippen LogP contribution in [0.3, 0.4) is 0 Å². The number of nitrogens with one attached hydrogen (secondary N) is 1. The number of hydrogen-bond acceptors (Lipinski definition) is 6. The standard InChI is InChI=1S/C23H30Cl2N4O4/c1-5-8-16(20-27-19(28-33-20)15-10-9-14(24)13-17(15)25)18(21(30)29-11-6-7-12-29)26-22(31)32-23(2,3)4/h9-10,13,16,18H,5-8,11-12H2,1-4H3,(H,26,31). The summed E-state index contributed by atoms with van der Waals surface area (Å²) in [6.07, 6.45) is 2.49. The molecule has 1 aromatic heterocycles. The van der Waals surface area contributed by atoms with Gasteiger partial charge in [-0.2, -0.15) is 4.98 Å². The van der Waals surface area contributed by atoms with Crippen molar-refractivity contribution >= 4 is 35.2 Å². The summed E-state index contributed by atoms with van der Waals surface area (Å²) in [6, 6.07) is 4.10. The molecule has 1 aliphatic heterocycles. The van der Waals surface area contributed by atoms with Gasteiger partial charge in [0.2, 0.25) is 17.6 Å². The van der Waals surface area contributed by atoms with E-state index in [2.05, 4.69) is 15.5 Å². The Bertz CT molecular complexity index is 983. The molecule has 33 heavy (non-hydrogen) atoms. The Morgan fingerprint density at radius 2 is 1.94 bits per heavy atom. The van der Waals surface area contributed by atoms with Gasteiger partial charge in [-0.05, 0) is 58.2 Å². The molecule has 1 saturated heterocycles. The smallest absolute Gasteiger partial charge is 0.408 e. The monoisotopic (exact) mass is 496 g/mol. The maximum atomic E-state index is 13.4. The number of amides is 2. The van der Waals surface area contributed by atoms with E-state index in [9.17, 15) is 9.59 Å². The molecular weight excluding hydrogens is 467 g/mol. The summed E-state index contributed by atoms with van der Waals surface area (Å²) in [5.74, 6) is -0.159. The molecule has 8 nitrogen and oxygen atoms in total. The van der Waals surface area contributed by atoms with E-state index in [1.54, 1.807) is 43.9 Å². The first-order valence-corrected chi connectivity index (χ1v) is 11.9. The summed E-state index contributed by atoms with van der Waals surface area (Å²) >= 11 is 12.3. The van der Waals surface area contributed by atoms with E-state index in [-0.39, 0.29) is 17.6 Å². The number of alkyl carbamates (subject to hydrolysis) is 1. The lowest BCUT2D eigenvalue weighted by atomic mass is 9.93. The molecule has 3 rings (SSSR count). The van der Waals surface area contributed by atoms with Crippen LogP contribution in [-0.2, 0) is 9.53 Å². The first-order chi connectivity index (χ1) is 15.6. The Labute approximate surface area is 203 Å². The maximum Gasteiger partial charge on any atom is 0.408 e. The number of carbonyl (C=O) groups is 2. The molecule has 2 heterocycles. The molecule has 10 heteroatoms. The second-order valence-electron chi connectivity index (χ2n) is 9.13. The van der Waals surface area contributed by atoms with E-state index < -0.39 is 23.7 Å². The van der Waals surface area contributed by atoms with Crippen LogP contribution in [0, 0.1) is 0 Å². The third kappa shape index (κ3) is 6.60. The number of likely N-dealkylation sites (tertiary alicyclic amines) is 1. The number of carbonyl (C=O) groups excluding carboxylic acids is 2. The number of rotatable bonds is 7. The third-order valence-electron chi connectivity index (χ3n) is 5.29. The highest BCUT2D eigenvalue weighted by Gasteiger charge is 2.38. The second-order valence-corrected chi connectivity index (χ2v) is 9.98. The van der Waals surface area contributed by atoms with Gasteiger partial charge in [-0.1, -0.05) is 41.7 Å². The van der Waals surface area contributed by atoms with Crippen molar-refractivity contribution in [3.8, 4) is 11.4 Å². The van der Waals surface area contributed by atoms with Crippen LogP contribution >= 0.6 is 23.2 Å². The van der Waals surface area contributed by atoms with Gasteiger partial charge in [-0.25, -0.2) is 4.79 Å². The molecule has 0 aliphatic carbocycles. The SMILES string of the molecule is CCCC(c1nc(-c2ccc(Cl)cc2Cl)no1)C(NC(=O)OC(C)(C)C)C(=O)N1CCCC1. The number of nitrogens with zero attached hydrogens (tertiary/aromatic N) is 3. The fraction of sp³-hybridized carbons (Fsp3) is 0.565. The Hall–Kier alpha value is -2.32. The first kappa shape index (κ1) is 25.3. The van der Waals surface area contributed by atoms with Crippen LogP contribution in [0.5, 0.6) is 0 Å². The van der Waals surface area contributed by atoms with Gasteiger partial charge >= 0.3 is 6.09 Å². The molecule has 2 aromatic rings. The Morgan fingerprint density at radius 1 is 1.24 bits per heavy atom. The fourth-order valence-electron chi connectivity index (χ4n) is 3.81. The maximum absolute atomic E-state index is 13.4. The molecule has 180 valence electrons. The molecule has 2 unspecified atom stereocenters. The highest BCUT2D eigenvalue weighted by Crippen LogP contribution is 2.32. The van der Waals surface area contributed by atoms with Crippen LogP contribution in [-0.4, -0.2) is 51.8 Å². The first-order valence-electron chi connectivity index (χ1n) is 11.2. The minimum Gasteiger partial charge on any atom is -0.444 e. The van der Waals surface area contributed by atoms with Crippen LogP contribution in [0.15, 0.2) is 22.7 Å². The molecule has 0 radical (unpaired) electrons. The van der Waals surface area contributed by atoms with Gasteiger partial charge in [0.05, 0.1) is 10.9 Å². The molecule has 0 spiro atoms. The zero-order valence-electron chi connectivity index (χ0n) is 19.4. The van der Waals surface area contributed by atoms with E-state index in [0.29, 0.717) is 35.1 Å². The lowest BCUT2D eigenvalue weighted by Gasteiger charge is -2.29. The van der Waals surface area contributed by atoms with E-state index in [1.807, 2.05) is 6.92 Å². The molecule has 1 aliphatic rings. The van der Waals surface area contributed by atoms with Gasteiger partial charge < -0.3 is 19.5 Å². The van der Waals surface area contributed by atoms with Crippen LogP contribution in [0.25, 0.3) is 11.4 Å². The quantitative estimate of drug-likeness (QED) is 0.547. The Morgan fingerprint density at radius 3 is 2.55 bits per heavy atom. The fourth-order valence-corrected chi connectivity index (χ4v) is 4.31. The number of ether oxygens (including phenoxy) is 1. The molecule has 0 bridgehead atoms. The Kier molecular flexibility index (Phi) is 8.23. The molecule has 2 amide bonds. The van der Waals surface area contributed by atoms with Crippen molar-refractivity contribution in [2.75, 3.05) is 13.1 Å². The number of halogens is 2. The highest BCUT2D eigenvalue weighted by atomic mass is 35.5. The van der Waals surface area contributed by atoms with Crippen LogP contribution in [0.4, 0.5) is 4.79 Å². The van der Waals surface area contributed by atoms with Gasteiger partial charge in [-0.15, -0.1) is 0 Å². The van der Waals surface area contributed by atoms with E-state index in [1.165, 1.54) is 0 Å². The van der Waals surface area contributed by atoms with E-state index >= 15 is 0 Å². The van der Waals surface area contributed by atoms with Crippen molar-refractivity contribution in [1.82, 2.24) is 20.4 Å². The summed E-state index contributed by atoms with van der Waals surface area (Å²) in [7, 11) is 0. The lowest BCUT2D eigenvalue weighted by Crippen LogP contribution is -2.52. The number of benzene rings is 1. The van der Waals surface area contributed by atoms with Gasteiger partial charge in [0.25, 0.3) is 0 Å². The van der Waals surface area contributed by atoms with Crippen molar-refractivity contribution in [1.29, 1.82) is 0 Å². The second kappa shape index (κ2) is 10.7. The summed E-state index contributed by atoms with van der Waals surface area (Å²) in [5, 5.41) is 7.74. The average Bonchev–Trinajstić information content (AvgIpc) is 3.41. The van der Waals surface area contributed by atoms with Crippen molar-refractivity contribution in [2.24, 2.45) is 0 Å². The molecule has 0 saturated carbocycles. The molecule has 1 aromatic carbocycles. The predicted octanol–water partition coefficient (Wildman–Crippen LogP) is 5.44. The summed E-state index contributed by atoms with van der Waals surface area (Å²) in [5.41, 5.74) is -0.136. The largest absolute Gasteiger partial charge is 0.444 e. The minimum absolute atomic E-state index is 0.180. The van der Waals surface area contributed by atoms with Crippen molar-refractivity contribution in [3.05, 3.63) is 34.1 Å². The predicted molar refractivity (Wildman–Crippen MR) is 126 cm³/mol. The van der Waals surface area contributed by atoms with E-state index in [0.717, 1.165) is 19.3 Å². The van der Waals surface area contributed by atoms with Gasteiger partial charge in [0.15, 0.2) is 0 Å². The minimum atomic E-state index is -0.896. The topological polar surface area (TPSA) is 97.6 Å².